The zero-order valence-corrected chi connectivity index (χ0v) is 10.7. The van der Waals surface area contributed by atoms with Crippen LogP contribution in [0.3, 0.4) is 0 Å². The minimum atomic E-state index is -0.180. The molecule has 96 valence electrons. The number of nitrogens with one attached hydrogen (secondary N) is 2. The van der Waals surface area contributed by atoms with Crippen molar-refractivity contribution >= 4 is 28.7 Å². The summed E-state index contributed by atoms with van der Waals surface area (Å²) in [5.74, 6) is 6.23. The molecule has 2 aromatic rings. The van der Waals surface area contributed by atoms with Crippen LogP contribution < -0.4 is 16.0 Å². The minimum Gasteiger partial charge on any atom is -0.497 e. The fourth-order valence-electron chi connectivity index (χ4n) is 1.47. The van der Waals surface area contributed by atoms with Crippen LogP contribution in [0.1, 0.15) is 6.42 Å². The zero-order valence-electron chi connectivity index (χ0n) is 9.90. The van der Waals surface area contributed by atoms with E-state index in [0.29, 0.717) is 12.2 Å². The molecule has 0 atom stereocenters. The number of carbonyl (C=O) groups excluding carboxylic acids is 1. The van der Waals surface area contributed by atoms with Crippen molar-refractivity contribution in [3.05, 3.63) is 18.2 Å². The Bertz CT molecular complexity index is 555. The Morgan fingerprint density at radius 3 is 3.17 bits per heavy atom. The van der Waals surface area contributed by atoms with E-state index in [-0.39, 0.29) is 5.91 Å². The van der Waals surface area contributed by atoms with E-state index in [0.717, 1.165) is 21.9 Å². The summed E-state index contributed by atoms with van der Waals surface area (Å²) in [6, 6.07) is 5.64. The van der Waals surface area contributed by atoms with Gasteiger partial charge < -0.3 is 9.72 Å². The van der Waals surface area contributed by atoms with Gasteiger partial charge in [0.15, 0.2) is 5.16 Å². The Hall–Kier alpha value is -1.73. The maximum atomic E-state index is 11.0. The van der Waals surface area contributed by atoms with Crippen LogP contribution in [0.5, 0.6) is 5.75 Å². The van der Waals surface area contributed by atoms with Crippen molar-refractivity contribution in [2.75, 3.05) is 12.9 Å². The number of H-pyrrole nitrogens is 1. The van der Waals surface area contributed by atoms with Gasteiger partial charge in [-0.15, -0.1) is 0 Å². The average molecular weight is 266 g/mol. The molecule has 0 unspecified atom stereocenters. The molecular formula is C11H14N4O2S. The summed E-state index contributed by atoms with van der Waals surface area (Å²) in [4.78, 5) is 18.5. The predicted molar refractivity (Wildman–Crippen MR) is 70.3 cm³/mol. The maximum absolute atomic E-state index is 11.0. The molecule has 7 heteroatoms. The van der Waals surface area contributed by atoms with Crippen LogP contribution in [0.15, 0.2) is 23.4 Å². The number of nitrogens with zero attached hydrogens (tertiary/aromatic N) is 1. The van der Waals surface area contributed by atoms with Gasteiger partial charge in [0.2, 0.25) is 5.91 Å². The number of thioether (sulfide) groups is 1. The largest absolute Gasteiger partial charge is 0.497 e. The summed E-state index contributed by atoms with van der Waals surface area (Å²) in [6.07, 6.45) is 0.363. The van der Waals surface area contributed by atoms with E-state index in [4.69, 9.17) is 10.6 Å². The molecular weight excluding hydrogens is 252 g/mol. The molecule has 0 spiro atoms. The number of amides is 1. The molecule has 1 aromatic carbocycles. The first kappa shape index (κ1) is 12.7. The van der Waals surface area contributed by atoms with Crippen LogP contribution >= 0.6 is 11.8 Å². The van der Waals surface area contributed by atoms with E-state index in [1.54, 1.807) is 7.11 Å². The van der Waals surface area contributed by atoms with Crippen LogP contribution in [0.4, 0.5) is 0 Å². The van der Waals surface area contributed by atoms with Gasteiger partial charge in [0.1, 0.15) is 5.75 Å². The molecule has 4 N–H and O–H groups in total. The molecule has 0 saturated carbocycles. The summed E-state index contributed by atoms with van der Waals surface area (Å²) in [5, 5.41) is 0.781. The van der Waals surface area contributed by atoms with E-state index in [9.17, 15) is 4.79 Å². The van der Waals surface area contributed by atoms with Crippen LogP contribution in [0.25, 0.3) is 11.0 Å². The van der Waals surface area contributed by atoms with Crippen molar-refractivity contribution in [1.29, 1.82) is 0 Å². The molecule has 0 fully saturated rings. The van der Waals surface area contributed by atoms with Crippen LogP contribution in [-0.2, 0) is 4.79 Å². The Kier molecular flexibility index (Phi) is 4.06. The molecule has 0 aliphatic rings. The predicted octanol–water partition coefficient (Wildman–Crippen LogP) is 1.04. The lowest BCUT2D eigenvalue weighted by Gasteiger charge is -1.97. The van der Waals surface area contributed by atoms with E-state index < -0.39 is 0 Å². The summed E-state index contributed by atoms with van der Waals surface area (Å²) in [5.41, 5.74) is 3.89. The van der Waals surface area contributed by atoms with Crippen LogP contribution in [0, 0.1) is 0 Å². The van der Waals surface area contributed by atoms with E-state index in [1.807, 2.05) is 18.2 Å². The molecule has 18 heavy (non-hydrogen) atoms. The second-order valence-corrected chi connectivity index (χ2v) is 4.67. The Balaban J connectivity index is 2.03. The summed E-state index contributed by atoms with van der Waals surface area (Å²) >= 11 is 1.48. The number of carbonyl (C=O) groups is 1. The molecule has 0 bridgehead atoms. The molecule has 1 aromatic heterocycles. The molecule has 0 radical (unpaired) electrons. The Morgan fingerprint density at radius 2 is 2.44 bits per heavy atom. The number of methoxy groups -OCH3 is 1. The lowest BCUT2D eigenvalue weighted by atomic mass is 10.3. The Labute approximate surface area is 108 Å². The van der Waals surface area contributed by atoms with Gasteiger partial charge in [-0.1, -0.05) is 11.8 Å². The third-order valence-corrected chi connectivity index (χ3v) is 3.27. The fourth-order valence-corrected chi connectivity index (χ4v) is 2.30. The number of hydrazine groups is 1. The molecule has 0 aliphatic heterocycles. The van der Waals surface area contributed by atoms with Crippen molar-refractivity contribution in [2.24, 2.45) is 5.84 Å². The maximum Gasteiger partial charge on any atom is 0.234 e. The lowest BCUT2D eigenvalue weighted by molar-refractivity contribution is -0.120. The van der Waals surface area contributed by atoms with Crippen molar-refractivity contribution in [3.63, 3.8) is 0 Å². The van der Waals surface area contributed by atoms with Gasteiger partial charge >= 0.3 is 0 Å². The molecule has 1 amide bonds. The second-order valence-electron chi connectivity index (χ2n) is 3.59. The van der Waals surface area contributed by atoms with Crippen molar-refractivity contribution < 1.29 is 9.53 Å². The highest BCUT2D eigenvalue weighted by atomic mass is 32.2. The zero-order chi connectivity index (χ0) is 13.0. The van der Waals surface area contributed by atoms with Gasteiger partial charge in [-0.25, -0.2) is 10.8 Å². The summed E-state index contributed by atoms with van der Waals surface area (Å²) < 4.78 is 5.14. The van der Waals surface area contributed by atoms with Gasteiger partial charge in [0.25, 0.3) is 0 Å². The number of benzene rings is 1. The SMILES string of the molecule is COc1ccc2nc(SCCC(=O)NN)[nH]c2c1. The number of fused-ring (bicyclic) bond motifs is 1. The van der Waals surface area contributed by atoms with Crippen molar-refractivity contribution in [2.45, 2.75) is 11.6 Å². The highest BCUT2D eigenvalue weighted by Crippen LogP contribution is 2.23. The first-order valence-electron chi connectivity index (χ1n) is 5.39. The second kappa shape index (κ2) is 5.74. The number of hydrogen-bond donors (Lipinski definition) is 3. The van der Waals surface area contributed by atoms with Crippen LogP contribution in [-0.4, -0.2) is 28.7 Å². The third kappa shape index (κ3) is 2.93. The number of imidazole rings is 1. The molecule has 0 saturated heterocycles. The van der Waals surface area contributed by atoms with E-state index >= 15 is 0 Å². The molecule has 1 heterocycles. The molecule has 6 nitrogen and oxygen atoms in total. The highest BCUT2D eigenvalue weighted by Gasteiger charge is 2.05. The summed E-state index contributed by atoms with van der Waals surface area (Å²) in [6.45, 7) is 0. The lowest BCUT2D eigenvalue weighted by Crippen LogP contribution is -2.30. The summed E-state index contributed by atoms with van der Waals surface area (Å²) in [7, 11) is 1.62. The smallest absolute Gasteiger partial charge is 0.234 e. The topological polar surface area (TPSA) is 93.0 Å². The van der Waals surface area contributed by atoms with E-state index in [2.05, 4.69) is 15.4 Å². The van der Waals surface area contributed by atoms with Gasteiger partial charge in [-0.2, -0.15) is 0 Å². The number of aromatic nitrogens is 2. The highest BCUT2D eigenvalue weighted by molar-refractivity contribution is 7.99. The number of rotatable bonds is 5. The van der Waals surface area contributed by atoms with Crippen molar-refractivity contribution in [3.8, 4) is 5.75 Å². The number of aromatic amines is 1. The first-order chi connectivity index (χ1) is 8.72. The monoisotopic (exact) mass is 266 g/mol. The van der Waals surface area contributed by atoms with Gasteiger partial charge in [-0.05, 0) is 12.1 Å². The quantitative estimate of drug-likeness (QED) is 0.325. The van der Waals surface area contributed by atoms with Crippen LogP contribution in [0.2, 0.25) is 0 Å². The average Bonchev–Trinajstić information content (AvgIpc) is 2.79. The standard InChI is InChI=1S/C11H14N4O2S/c1-17-7-2-3-8-9(6-7)14-11(13-8)18-5-4-10(16)15-12/h2-3,6H,4-5,12H2,1H3,(H,13,14)(H,15,16). The number of ether oxygens (including phenoxy) is 1. The number of hydrogen-bond acceptors (Lipinski definition) is 5. The third-order valence-electron chi connectivity index (χ3n) is 2.40. The first-order valence-corrected chi connectivity index (χ1v) is 6.37. The molecule has 2 rings (SSSR count). The van der Waals surface area contributed by atoms with Gasteiger partial charge in [0.05, 0.1) is 18.1 Å². The number of nitrogens with two attached hydrogens (primary N) is 1. The van der Waals surface area contributed by atoms with Gasteiger partial charge in [0, 0.05) is 18.2 Å². The molecule has 0 aliphatic carbocycles. The van der Waals surface area contributed by atoms with E-state index in [1.165, 1.54) is 11.8 Å². The minimum absolute atomic E-state index is 0.180. The fraction of sp³-hybridized carbons (Fsp3) is 0.273. The van der Waals surface area contributed by atoms with Crippen molar-refractivity contribution in [1.82, 2.24) is 15.4 Å². The van der Waals surface area contributed by atoms with Gasteiger partial charge in [-0.3, -0.25) is 10.2 Å². The Morgan fingerprint density at radius 1 is 1.61 bits per heavy atom. The normalized spacial score (nSPS) is 10.6.